The summed E-state index contributed by atoms with van der Waals surface area (Å²) in [5.41, 5.74) is 7.86. The summed E-state index contributed by atoms with van der Waals surface area (Å²) < 4.78 is 0. The van der Waals surface area contributed by atoms with Crippen LogP contribution in [0, 0.1) is 0 Å². The molecule has 4 nitrogen and oxygen atoms in total. The van der Waals surface area contributed by atoms with E-state index in [-0.39, 0.29) is 19.5 Å². The molecule has 0 aliphatic carbocycles. The van der Waals surface area contributed by atoms with Crippen LogP contribution in [0.15, 0.2) is 84.9 Å². The average Bonchev–Trinajstić information content (AvgIpc) is 3.56. The second-order valence-electron chi connectivity index (χ2n) is 7.06. The van der Waals surface area contributed by atoms with E-state index in [1.165, 1.54) is 0 Å². The summed E-state index contributed by atoms with van der Waals surface area (Å²) in [5.74, 6) is 0. The van der Waals surface area contributed by atoms with Crippen LogP contribution in [0.25, 0.3) is 46.4 Å². The van der Waals surface area contributed by atoms with Gasteiger partial charge in [0.1, 0.15) is 0 Å². The molecule has 2 aliphatic rings. The first-order valence-electron chi connectivity index (χ1n) is 9.85. The Morgan fingerprint density at radius 2 is 0.742 bits per heavy atom. The largest absolute Gasteiger partial charge is 0.355 e. The second-order valence-corrected chi connectivity index (χ2v) is 7.06. The van der Waals surface area contributed by atoms with Gasteiger partial charge in [-0.25, -0.2) is 9.97 Å². The van der Waals surface area contributed by atoms with Gasteiger partial charge in [0.15, 0.2) is 0 Å². The van der Waals surface area contributed by atoms with Crippen molar-refractivity contribution in [3.63, 3.8) is 0 Å². The van der Waals surface area contributed by atoms with E-state index in [1.807, 2.05) is 78.9 Å². The Kier molecular flexibility index (Phi) is 6.35. The number of fused-ring (bicyclic) bond motifs is 8. The van der Waals surface area contributed by atoms with Gasteiger partial charge in [-0.1, -0.05) is 36.4 Å². The molecule has 5 heterocycles. The predicted octanol–water partition coefficient (Wildman–Crippen LogP) is 6.34. The van der Waals surface area contributed by atoms with E-state index in [0.717, 1.165) is 44.8 Å². The van der Waals surface area contributed by atoms with Crippen LogP contribution in [-0.4, -0.2) is 19.9 Å². The van der Waals surface area contributed by atoms with Crippen molar-refractivity contribution in [1.82, 2.24) is 19.9 Å². The van der Waals surface area contributed by atoms with Crippen LogP contribution in [0.1, 0.15) is 22.8 Å². The minimum Gasteiger partial charge on any atom is -0.355 e. The van der Waals surface area contributed by atoms with Gasteiger partial charge < -0.3 is 9.97 Å². The van der Waals surface area contributed by atoms with Crippen molar-refractivity contribution in [3.8, 4) is 0 Å². The molecule has 8 bridgehead atoms. The van der Waals surface area contributed by atoms with Gasteiger partial charge in [-0.3, -0.25) is 0 Å². The molecule has 0 unspecified atom stereocenters. The van der Waals surface area contributed by atoms with Gasteiger partial charge in [0.2, 0.25) is 0 Å². The van der Waals surface area contributed by atoms with Gasteiger partial charge >= 0.3 is 0 Å². The summed E-state index contributed by atoms with van der Waals surface area (Å²) in [7, 11) is 0. The Morgan fingerprint density at radius 3 is 1.13 bits per heavy atom. The summed E-state index contributed by atoms with van der Waals surface area (Å²) >= 11 is 0. The van der Waals surface area contributed by atoms with Gasteiger partial charge in [-0.05, 0) is 72.8 Å². The molecule has 6 rings (SSSR count). The fourth-order valence-corrected chi connectivity index (χ4v) is 3.33. The first-order chi connectivity index (χ1) is 14.8. The van der Waals surface area contributed by atoms with Gasteiger partial charge in [0.25, 0.3) is 0 Å². The maximum atomic E-state index is 4.62. The quantitative estimate of drug-likeness (QED) is 0.264. The molecule has 2 aliphatic heterocycles. The number of benzene rings is 1. The van der Waals surface area contributed by atoms with Crippen LogP contribution < -0.4 is 0 Å². The van der Waals surface area contributed by atoms with Crippen LogP contribution in [0.2, 0.25) is 0 Å². The SMILES string of the molecule is C1=Cc2cc3ccc(cc4ccc(cc5nc(cc1n2)C=C5)[nH]4)[nH]3.[Zn].c1ccccc1. The Bertz CT molecular complexity index is 1280. The van der Waals surface area contributed by atoms with E-state index in [2.05, 4.69) is 50.3 Å². The van der Waals surface area contributed by atoms with Gasteiger partial charge in [0, 0.05) is 41.5 Å². The van der Waals surface area contributed by atoms with Gasteiger partial charge in [-0.2, -0.15) is 0 Å². The predicted molar refractivity (Wildman–Crippen MR) is 125 cm³/mol. The van der Waals surface area contributed by atoms with E-state index in [1.54, 1.807) is 0 Å². The van der Waals surface area contributed by atoms with Crippen molar-refractivity contribution in [1.29, 1.82) is 0 Å². The number of nitrogens with one attached hydrogen (secondary N) is 2. The minimum absolute atomic E-state index is 0. The minimum atomic E-state index is 0. The van der Waals surface area contributed by atoms with Gasteiger partial charge in [-0.15, -0.1) is 0 Å². The third-order valence-corrected chi connectivity index (χ3v) is 4.71. The Hall–Kier alpha value is -3.56. The molecule has 2 N–H and O–H groups in total. The summed E-state index contributed by atoms with van der Waals surface area (Å²) in [6, 6.07) is 28.4. The van der Waals surface area contributed by atoms with Crippen LogP contribution >= 0.6 is 0 Å². The number of H-pyrrole nitrogens is 2. The zero-order valence-electron chi connectivity index (χ0n) is 17.0. The molecule has 3 aromatic heterocycles. The topological polar surface area (TPSA) is 57.4 Å². The number of aromatic amines is 2. The van der Waals surface area contributed by atoms with Crippen LogP contribution in [0.5, 0.6) is 0 Å². The third kappa shape index (κ3) is 5.33. The molecular formula is C26H20N4Zn. The summed E-state index contributed by atoms with van der Waals surface area (Å²) in [5, 5.41) is 0. The maximum Gasteiger partial charge on any atom is 0.0659 e. The van der Waals surface area contributed by atoms with E-state index >= 15 is 0 Å². The summed E-state index contributed by atoms with van der Waals surface area (Å²) in [4.78, 5) is 16.0. The first kappa shape index (κ1) is 20.7. The summed E-state index contributed by atoms with van der Waals surface area (Å²) in [6.07, 6.45) is 8.05. The van der Waals surface area contributed by atoms with Crippen LogP contribution in [0.4, 0.5) is 0 Å². The van der Waals surface area contributed by atoms with Crippen molar-refractivity contribution in [2.45, 2.75) is 0 Å². The smallest absolute Gasteiger partial charge is 0.0659 e. The molecule has 0 atom stereocenters. The molecule has 0 spiro atoms. The molecule has 0 fully saturated rings. The Morgan fingerprint density at radius 1 is 0.419 bits per heavy atom. The number of rotatable bonds is 0. The van der Waals surface area contributed by atoms with Crippen molar-refractivity contribution >= 4 is 46.4 Å². The van der Waals surface area contributed by atoms with Gasteiger partial charge in [0.05, 0.1) is 22.8 Å². The monoisotopic (exact) mass is 452 g/mol. The molecule has 4 aromatic rings. The average molecular weight is 454 g/mol. The van der Waals surface area contributed by atoms with Crippen LogP contribution in [0.3, 0.4) is 0 Å². The molecule has 146 valence electrons. The van der Waals surface area contributed by atoms with Crippen molar-refractivity contribution < 1.29 is 19.5 Å². The van der Waals surface area contributed by atoms with Crippen LogP contribution in [-0.2, 0) is 19.5 Å². The van der Waals surface area contributed by atoms with E-state index in [9.17, 15) is 0 Å². The molecule has 0 saturated heterocycles. The molecule has 0 amide bonds. The number of nitrogens with zero attached hydrogens (tertiary/aromatic N) is 2. The zero-order chi connectivity index (χ0) is 20.2. The van der Waals surface area contributed by atoms with E-state index in [0.29, 0.717) is 0 Å². The normalized spacial score (nSPS) is 11.4. The molecule has 0 saturated carbocycles. The summed E-state index contributed by atoms with van der Waals surface area (Å²) in [6.45, 7) is 0. The zero-order valence-corrected chi connectivity index (χ0v) is 20.0. The number of hydrogen-bond acceptors (Lipinski definition) is 2. The van der Waals surface area contributed by atoms with Crippen molar-refractivity contribution in [3.05, 3.63) is 108 Å². The second kappa shape index (κ2) is 9.50. The molecule has 1 aromatic carbocycles. The van der Waals surface area contributed by atoms with Crippen molar-refractivity contribution in [2.24, 2.45) is 0 Å². The fraction of sp³-hybridized carbons (Fsp3) is 0. The molecule has 31 heavy (non-hydrogen) atoms. The number of hydrogen-bond donors (Lipinski definition) is 2. The first-order valence-corrected chi connectivity index (χ1v) is 9.85. The maximum absolute atomic E-state index is 4.62. The fourth-order valence-electron chi connectivity index (χ4n) is 3.33. The van der Waals surface area contributed by atoms with Crippen molar-refractivity contribution in [2.75, 3.05) is 0 Å². The Labute approximate surface area is 193 Å². The number of aromatic nitrogens is 4. The molecule has 0 radical (unpaired) electrons. The third-order valence-electron chi connectivity index (χ3n) is 4.71. The van der Waals surface area contributed by atoms with E-state index in [4.69, 9.17) is 0 Å². The standard InChI is InChI=1S/C20H14N4.C6H6.Zn/c1-2-14-10-16-5-6-18(23-16)12-20-8-7-19(24-20)11-17-4-3-15(22-17)9-13(1)21-14;1-2-4-6-5-3-1;/h1-12,21-22H;1-6H;. The molecular weight excluding hydrogens is 434 g/mol. The van der Waals surface area contributed by atoms with E-state index < -0.39 is 0 Å². The Balaban J connectivity index is 0.000000288. The molecule has 5 heteroatoms.